The first-order valence-electron chi connectivity index (χ1n) is 6.33. The fraction of sp³-hybridized carbons (Fsp3) is 1.00. The molecule has 0 aromatic rings. The molecule has 1 rings (SSSR count). The Morgan fingerprint density at radius 1 is 1.40 bits per heavy atom. The Morgan fingerprint density at radius 3 is 2.73 bits per heavy atom. The van der Waals surface area contributed by atoms with Gasteiger partial charge in [0.25, 0.3) is 0 Å². The summed E-state index contributed by atoms with van der Waals surface area (Å²) in [5.74, 6) is 0.385. The summed E-state index contributed by atoms with van der Waals surface area (Å²) in [6.45, 7) is 7.43. The van der Waals surface area contributed by atoms with Crippen molar-refractivity contribution in [1.29, 1.82) is 0 Å². The first-order valence-corrected chi connectivity index (χ1v) is 6.33. The fourth-order valence-corrected chi connectivity index (χ4v) is 2.45. The van der Waals surface area contributed by atoms with E-state index in [0.29, 0.717) is 5.92 Å². The normalized spacial score (nSPS) is 30.4. The molecule has 0 saturated carbocycles. The van der Waals surface area contributed by atoms with Crippen molar-refractivity contribution in [3.05, 3.63) is 0 Å². The zero-order valence-corrected chi connectivity index (χ0v) is 10.2. The molecule has 3 heteroatoms. The minimum atomic E-state index is -0.166. The van der Waals surface area contributed by atoms with Crippen LogP contribution in [-0.2, 0) is 0 Å². The van der Waals surface area contributed by atoms with Crippen LogP contribution < -0.4 is 5.73 Å². The van der Waals surface area contributed by atoms with Crippen LogP contribution in [0.2, 0.25) is 0 Å². The molecule has 0 spiro atoms. The minimum Gasteiger partial charge on any atom is -0.393 e. The Bertz CT molecular complexity index is 175. The van der Waals surface area contributed by atoms with E-state index >= 15 is 0 Å². The van der Waals surface area contributed by atoms with Gasteiger partial charge in [-0.05, 0) is 31.7 Å². The third-order valence-corrected chi connectivity index (χ3v) is 3.38. The van der Waals surface area contributed by atoms with Crippen LogP contribution in [0.3, 0.4) is 0 Å². The maximum absolute atomic E-state index is 9.86. The summed E-state index contributed by atoms with van der Waals surface area (Å²) in [6.07, 6.45) is 4.13. The number of nitrogens with zero attached hydrogens (tertiary/aromatic N) is 1. The van der Waals surface area contributed by atoms with Crippen molar-refractivity contribution in [2.75, 3.05) is 19.6 Å². The van der Waals surface area contributed by atoms with Crippen molar-refractivity contribution in [2.24, 2.45) is 11.7 Å². The molecule has 1 aliphatic heterocycles. The summed E-state index contributed by atoms with van der Waals surface area (Å²) >= 11 is 0. The predicted octanol–water partition coefficient (Wildman–Crippen LogP) is 1.21. The van der Waals surface area contributed by atoms with E-state index in [1.807, 2.05) is 6.92 Å². The summed E-state index contributed by atoms with van der Waals surface area (Å²) in [5.41, 5.74) is 6.03. The molecule has 0 amide bonds. The number of hydrogen-bond acceptors (Lipinski definition) is 3. The fourth-order valence-electron chi connectivity index (χ4n) is 2.45. The molecule has 1 fully saturated rings. The zero-order chi connectivity index (χ0) is 11.3. The molecular formula is C12H26N2O. The van der Waals surface area contributed by atoms with Crippen molar-refractivity contribution in [3.8, 4) is 0 Å². The lowest BCUT2D eigenvalue weighted by Gasteiger charge is -2.38. The number of likely N-dealkylation sites (tertiary alicyclic amines) is 1. The minimum absolute atomic E-state index is 0.166. The lowest BCUT2D eigenvalue weighted by atomic mass is 9.88. The van der Waals surface area contributed by atoms with Crippen LogP contribution in [0, 0.1) is 5.92 Å². The number of rotatable bonds is 5. The van der Waals surface area contributed by atoms with Crippen LogP contribution in [0.1, 0.15) is 39.5 Å². The smallest absolute Gasteiger partial charge is 0.0578 e. The second kappa shape index (κ2) is 6.46. The standard InChI is InChI=1S/C12H26N2O/c1-3-5-6-14-8-10(12(15)4-2)7-11(13)9-14/h10-12,15H,3-9,13H2,1-2H3. The molecule has 0 radical (unpaired) electrons. The summed E-state index contributed by atoms with van der Waals surface area (Å²) in [5, 5.41) is 9.86. The number of piperidine rings is 1. The molecule has 90 valence electrons. The van der Waals surface area contributed by atoms with E-state index in [9.17, 15) is 5.11 Å². The quantitative estimate of drug-likeness (QED) is 0.723. The zero-order valence-electron chi connectivity index (χ0n) is 10.2. The van der Waals surface area contributed by atoms with Gasteiger partial charge in [-0.2, -0.15) is 0 Å². The van der Waals surface area contributed by atoms with E-state index in [-0.39, 0.29) is 12.1 Å². The number of unbranched alkanes of at least 4 members (excludes halogenated alkanes) is 1. The Labute approximate surface area is 93.6 Å². The first-order chi connectivity index (χ1) is 7.17. The van der Waals surface area contributed by atoms with E-state index in [0.717, 1.165) is 32.5 Å². The van der Waals surface area contributed by atoms with Crippen LogP contribution in [0.25, 0.3) is 0 Å². The molecule has 3 N–H and O–H groups in total. The van der Waals surface area contributed by atoms with Gasteiger partial charge in [-0.25, -0.2) is 0 Å². The Morgan fingerprint density at radius 2 is 2.13 bits per heavy atom. The molecule has 0 aliphatic carbocycles. The molecule has 0 aromatic carbocycles. The first kappa shape index (κ1) is 12.9. The molecule has 1 aliphatic rings. The predicted molar refractivity (Wildman–Crippen MR) is 63.7 cm³/mol. The molecule has 3 atom stereocenters. The van der Waals surface area contributed by atoms with Gasteiger partial charge in [0.1, 0.15) is 0 Å². The summed E-state index contributed by atoms with van der Waals surface area (Å²) in [4.78, 5) is 2.42. The highest BCUT2D eigenvalue weighted by atomic mass is 16.3. The molecule has 0 bridgehead atoms. The van der Waals surface area contributed by atoms with Crippen LogP contribution >= 0.6 is 0 Å². The monoisotopic (exact) mass is 214 g/mol. The van der Waals surface area contributed by atoms with E-state index in [2.05, 4.69) is 11.8 Å². The molecule has 1 heterocycles. The largest absolute Gasteiger partial charge is 0.393 e. The maximum atomic E-state index is 9.86. The summed E-state index contributed by atoms with van der Waals surface area (Å²) in [7, 11) is 0. The van der Waals surface area contributed by atoms with Crippen molar-refractivity contribution >= 4 is 0 Å². The lowest BCUT2D eigenvalue weighted by Crippen LogP contribution is -2.50. The van der Waals surface area contributed by atoms with Gasteiger partial charge in [0, 0.05) is 19.1 Å². The third-order valence-electron chi connectivity index (χ3n) is 3.38. The van der Waals surface area contributed by atoms with E-state index < -0.39 is 0 Å². The van der Waals surface area contributed by atoms with Crippen molar-refractivity contribution < 1.29 is 5.11 Å². The average molecular weight is 214 g/mol. The number of aliphatic hydroxyl groups excluding tert-OH is 1. The SMILES string of the molecule is CCCCN1CC(N)CC(C(O)CC)C1. The van der Waals surface area contributed by atoms with Gasteiger partial charge >= 0.3 is 0 Å². The van der Waals surface area contributed by atoms with Gasteiger partial charge in [0.15, 0.2) is 0 Å². The Kier molecular flexibility index (Phi) is 5.58. The topological polar surface area (TPSA) is 49.5 Å². The highest BCUT2D eigenvalue weighted by Gasteiger charge is 2.28. The van der Waals surface area contributed by atoms with Crippen LogP contribution in [0.4, 0.5) is 0 Å². The second-order valence-corrected chi connectivity index (χ2v) is 4.84. The molecule has 1 saturated heterocycles. The molecule has 0 aromatic heterocycles. The van der Waals surface area contributed by atoms with Crippen molar-refractivity contribution in [2.45, 2.75) is 51.7 Å². The van der Waals surface area contributed by atoms with Crippen LogP contribution in [-0.4, -0.2) is 41.8 Å². The van der Waals surface area contributed by atoms with Crippen molar-refractivity contribution in [3.63, 3.8) is 0 Å². The highest BCUT2D eigenvalue weighted by Crippen LogP contribution is 2.21. The van der Waals surface area contributed by atoms with E-state index in [1.165, 1.54) is 12.8 Å². The van der Waals surface area contributed by atoms with Crippen LogP contribution in [0.15, 0.2) is 0 Å². The van der Waals surface area contributed by atoms with Gasteiger partial charge in [-0.1, -0.05) is 20.3 Å². The van der Waals surface area contributed by atoms with Gasteiger partial charge < -0.3 is 15.7 Å². The van der Waals surface area contributed by atoms with Crippen LogP contribution in [0.5, 0.6) is 0 Å². The molecule has 3 unspecified atom stereocenters. The molecule has 3 nitrogen and oxygen atoms in total. The van der Waals surface area contributed by atoms with Gasteiger partial charge in [0.2, 0.25) is 0 Å². The summed E-state index contributed by atoms with van der Waals surface area (Å²) < 4.78 is 0. The number of hydrogen-bond donors (Lipinski definition) is 2. The molecular weight excluding hydrogens is 188 g/mol. The van der Waals surface area contributed by atoms with E-state index in [1.54, 1.807) is 0 Å². The van der Waals surface area contributed by atoms with Crippen molar-refractivity contribution in [1.82, 2.24) is 4.90 Å². The third kappa shape index (κ3) is 4.09. The lowest BCUT2D eigenvalue weighted by molar-refractivity contribution is 0.0411. The maximum Gasteiger partial charge on any atom is 0.0578 e. The summed E-state index contributed by atoms with van der Waals surface area (Å²) in [6, 6.07) is 0.252. The Balaban J connectivity index is 2.40. The Hall–Kier alpha value is -0.120. The second-order valence-electron chi connectivity index (χ2n) is 4.84. The van der Waals surface area contributed by atoms with Gasteiger partial charge in [0.05, 0.1) is 6.10 Å². The number of nitrogens with two attached hydrogens (primary N) is 1. The highest BCUT2D eigenvalue weighted by molar-refractivity contribution is 4.84. The van der Waals surface area contributed by atoms with Gasteiger partial charge in [-0.15, -0.1) is 0 Å². The molecule has 15 heavy (non-hydrogen) atoms. The average Bonchev–Trinajstić information content (AvgIpc) is 2.24. The van der Waals surface area contributed by atoms with E-state index in [4.69, 9.17) is 5.73 Å². The number of aliphatic hydroxyl groups is 1. The van der Waals surface area contributed by atoms with Gasteiger partial charge in [-0.3, -0.25) is 0 Å².